The van der Waals surface area contributed by atoms with Crippen molar-refractivity contribution < 1.29 is 23.9 Å². The SMILES string of the molecule is Cn1ccc([C@@H]2N=C(c3ccc(C(=O)CC(N)=O)cc3OC(C)(C)C)N(C(=O)N3CCNC(=O)C3)[C@@H]2c2ccc(Cl)cc2)c1. The number of Topliss-reactive ketones (excluding diaryl/α,β-unsaturated/α-hetero) is 1. The molecule has 3 aromatic rings. The van der Waals surface area contributed by atoms with Gasteiger partial charge in [-0.3, -0.25) is 24.3 Å². The Labute approximate surface area is 260 Å². The number of rotatable bonds is 7. The second kappa shape index (κ2) is 12.2. The van der Waals surface area contributed by atoms with Crippen LogP contribution in [0.3, 0.4) is 0 Å². The fourth-order valence-corrected chi connectivity index (χ4v) is 5.53. The number of carbonyl (C=O) groups excluding carboxylic acids is 4. The van der Waals surface area contributed by atoms with Gasteiger partial charge in [-0.1, -0.05) is 29.8 Å². The molecule has 0 radical (unpaired) electrons. The van der Waals surface area contributed by atoms with Gasteiger partial charge in [-0.2, -0.15) is 0 Å². The third kappa shape index (κ3) is 6.62. The lowest BCUT2D eigenvalue weighted by atomic mass is 9.95. The Balaban J connectivity index is 1.71. The first-order valence-electron chi connectivity index (χ1n) is 14.3. The first-order valence-corrected chi connectivity index (χ1v) is 14.6. The molecule has 1 aromatic heterocycles. The molecule has 230 valence electrons. The molecular weight excluding hydrogens is 584 g/mol. The number of nitrogens with zero attached hydrogens (tertiary/aromatic N) is 4. The standard InChI is InChI=1S/C32H35ClN6O5/c1-32(2,3)44-25-15-20(24(40)16-26(34)41)7-10-23(25)30-36-28(21-11-13-37(4)17-21)29(19-5-8-22(33)9-6-19)39(30)31(43)38-14-12-35-27(42)18-38/h5-11,13,15,17,28-29H,12,14,16,18H2,1-4H3,(H2,34,41)(H,35,42)/t28-,29+/m0/s1. The number of carbonyl (C=O) groups is 4. The number of amidine groups is 1. The lowest BCUT2D eigenvalue weighted by Crippen LogP contribution is -2.55. The summed E-state index contributed by atoms with van der Waals surface area (Å²) in [6.07, 6.45) is 3.41. The summed E-state index contributed by atoms with van der Waals surface area (Å²) < 4.78 is 8.26. The van der Waals surface area contributed by atoms with Gasteiger partial charge < -0.3 is 25.3 Å². The molecule has 4 amide bonds. The Hall–Kier alpha value is -4.64. The van der Waals surface area contributed by atoms with E-state index < -0.39 is 41.8 Å². The number of ketones is 1. The van der Waals surface area contributed by atoms with Gasteiger partial charge in [0.15, 0.2) is 5.78 Å². The number of aromatic nitrogens is 1. The topological polar surface area (TPSA) is 139 Å². The molecule has 2 aliphatic heterocycles. The molecular formula is C32H35ClN6O5. The van der Waals surface area contributed by atoms with Gasteiger partial charge in [0.2, 0.25) is 11.8 Å². The lowest BCUT2D eigenvalue weighted by molar-refractivity contribution is -0.123. The van der Waals surface area contributed by atoms with Crippen molar-refractivity contribution in [2.75, 3.05) is 19.6 Å². The number of hydrogen-bond donors (Lipinski definition) is 2. The van der Waals surface area contributed by atoms with Gasteiger partial charge in [0.05, 0.1) is 18.0 Å². The molecule has 44 heavy (non-hydrogen) atoms. The molecule has 2 aliphatic rings. The van der Waals surface area contributed by atoms with Crippen LogP contribution in [0.4, 0.5) is 4.79 Å². The first-order chi connectivity index (χ1) is 20.8. The molecule has 2 aromatic carbocycles. The average Bonchev–Trinajstić information content (AvgIpc) is 3.55. The van der Waals surface area contributed by atoms with E-state index in [9.17, 15) is 19.2 Å². The van der Waals surface area contributed by atoms with Gasteiger partial charge in [0, 0.05) is 43.1 Å². The molecule has 12 heteroatoms. The number of benzene rings is 2. The van der Waals surface area contributed by atoms with Crippen molar-refractivity contribution >= 4 is 41.1 Å². The number of aryl methyl sites for hydroxylation is 1. The maximum absolute atomic E-state index is 14.5. The van der Waals surface area contributed by atoms with Crippen LogP contribution in [0.2, 0.25) is 5.02 Å². The van der Waals surface area contributed by atoms with Crippen molar-refractivity contribution in [3.05, 3.63) is 88.2 Å². The van der Waals surface area contributed by atoms with Crippen molar-refractivity contribution in [3.63, 3.8) is 0 Å². The van der Waals surface area contributed by atoms with Gasteiger partial charge in [-0.25, -0.2) is 4.79 Å². The number of halogens is 1. The summed E-state index contributed by atoms with van der Waals surface area (Å²) in [5, 5.41) is 3.32. The number of hydrogen-bond acceptors (Lipinski definition) is 6. The van der Waals surface area contributed by atoms with E-state index in [1.807, 2.05) is 63.0 Å². The largest absolute Gasteiger partial charge is 0.487 e. The van der Waals surface area contributed by atoms with Crippen LogP contribution in [-0.4, -0.2) is 69.1 Å². The first kappa shape index (κ1) is 30.8. The molecule has 3 heterocycles. The van der Waals surface area contributed by atoms with Crippen LogP contribution in [0.15, 0.2) is 65.9 Å². The highest BCUT2D eigenvalue weighted by Crippen LogP contribution is 2.45. The van der Waals surface area contributed by atoms with Crippen LogP contribution < -0.4 is 15.8 Å². The summed E-state index contributed by atoms with van der Waals surface area (Å²) >= 11 is 6.25. The minimum absolute atomic E-state index is 0.0993. The number of urea groups is 1. The van der Waals surface area contributed by atoms with Crippen molar-refractivity contribution in [2.45, 2.75) is 44.9 Å². The Morgan fingerprint density at radius 2 is 1.82 bits per heavy atom. The Bertz CT molecular complexity index is 1640. The summed E-state index contributed by atoms with van der Waals surface area (Å²) in [6, 6.07) is 12.5. The molecule has 2 atom stereocenters. The van der Waals surface area contributed by atoms with E-state index in [4.69, 9.17) is 27.1 Å². The highest BCUT2D eigenvalue weighted by molar-refractivity contribution is 6.30. The van der Waals surface area contributed by atoms with Crippen molar-refractivity contribution in [1.82, 2.24) is 19.7 Å². The van der Waals surface area contributed by atoms with Crippen LogP contribution in [0.1, 0.15) is 66.3 Å². The quantitative estimate of drug-likeness (QED) is 0.304. The number of primary amides is 1. The second-order valence-electron chi connectivity index (χ2n) is 11.9. The number of piperazine rings is 1. The number of nitrogens with two attached hydrogens (primary N) is 1. The van der Waals surface area contributed by atoms with Crippen LogP contribution >= 0.6 is 11.6 Å². The van der Waals surface area contributed by atoms with E-state index in [0.29, 0.717) is 35.3 Å². The molecule has 0 unspecified atom stereocenters. The monoisotopic (exact) mass is 618 g/mol. The fraction of sp³-hybridized carbons (Fsp3) is 0.344. The highest BCUT2D eigenvalue weighted by Gasteiger charge is 2.45. The molecule has 0 saturated carbocycles. The second-order valence-corrected chi connectivity index (χ2v) is 12.4. The normalized spacial score (nSPS) is 18.6. The van der Waals surface area contributed by atoms with Gasteiger partial charge in [0.1, 0.15) is 29.8 Å². The van der Waals surface area contributed by atoms with E-state index >= 15 is 0 Å². The molecule has 0 aliphatic carbocycles. The zero-order valence-corrected chi connectivity index (χ0v) is 25.8. The Kier molecular flexibility index (Phi) is 8.51. The van der Waals surface area contributed by atoms with Crippen molar-refractivity contribution in [1.29, 1.82) is 0 Å². The fourth-order valence-electron chi connectivity index (χ4n) is 5.40. The zero-order valence-electron chi connectivity index (χ0n) is 25.0. The van der Waals surface area contributed by atoms with E-state index in [-0.39, 0.29) is 18.0 Å². The number of aliphatic imine (C=N–C) groups is 1. The predicted octanol–water partition coefficient (Wildman–Crippen LogP) is 4.01. The van der Waals surface area contributed by atoms with Gasteiger partial charge in [-0.05, 0) is 62.2 Å². The molecule has 5 rings (SSSR count). The number of amides is 4. The number of nitrogens with one attached hydrogen (secondary N) is 1. The average molecular weight is 619 g/mol. The van der Waals surface area contributed by atoms with Crippen LogP contribution in [0.25, 0.3) is 0 Å². The molecule has 0 bridgehead atoms. The van der Waals surface area contributed by atoms with E-state index in [1.54, 1.807) is 35.2 Å². The van der Waals surface area contributed by atoms with Crippen LogP contribution in [0, 0.1) is 0 Å². The summed E-state index contributed by atoms with van der Waals surface area (Å²) in [4.78, 5) is 59.4. The minimum Gasteiger partial charge on any atom is -0.487 e. The maximum atomic E-state index is 14.5. The van der Waals surface area contributed by atoms with Crippen LogP contribution in [0.5, 0.6) is 5.75 Å². The van der Waals surface area contributed by atoms with Gasteiger partial charge >= 0.3 is 6.03 Å². The molecule has 1 fully saturated rings. The van der Waals surface area contributed by atoms with Crippen LogP contribution in [-0.2, 0) is 16.6 Å². The summed E-state index contributed by atoms with van der Waals surface area (Å²) in [5.41, 5.74) is 6.99. The van der Waals surface area contributed by atoms with Crippen molar-refractivity contribution in [2.24, 2.45) is 17.8 Å². The molecule has 0 spiro atoms. The highest BCUT2D eigenvalue weighted by atomic mass is 35.5. The smallest absolute Gasteiger partial charge is 0.326 e. The zero-order chi connectivity index (χ0) is 31.8. The summed E-state index contributed by atoms with van der Waals surface area (Å²) in [5.74, 6) is -0.813. The number of ether oxygens (including phenoxy) is 1. The minimum atomic E-state index is -0.739. The van der Waals surface area contributed by atoms with E-state index in [2.05, 4.69) is 5.32 Å². The molecule has 1 saturated heterocycles. The Morgan fingerprint density at radius 3 is 2.43 bits per heavy atom. The van der Waals surface area contributed by atoms with Gasteiger partial charge in [0.25, 0.3) is 0 Å². The van der Waals surface area contributed by atoms with Gasteiger partial charge in [-0.15, -0.1) is 0 Å². The molecule has 11 nitrogen and oxygen atoms in total. The van der Waals surface area contributed by atoms with E-state index in [1.165, 1.54) is 4.90 Å². The third-order valence-electron chi connectivity index (χ3n) is 7.29. The molecule has 3 N–H and O–H groups in total. The lowest BCUT2D eigenvalue weighted by Gasteiger charge is -2.36. The summed E-state index contributed by atoms with van der Waals surface area (Å²) in [7, 11) is 1.91. The Morgan fingerprint density at radius 1 is 1.09 bits per heavy atom. The van der Waals surface area contributed by atoms with E-state index in [0.717, 1.165) is 11.1 Å². The van der Waals surface area contributed by atoms with Crippen molar-refractivity contribution in [3.8, 4) is 5.75 Å². The maximum Gasteiger partial charge on any atom is 0.326 e. The summed E-state index contributed by atoms with van der Waals surface area (Å²) in [6.45, 7) is 6.15. The third-order valence-corrected chi connectivity index (χ3v) is 7.54. The predicted molar refractivity (Wildman–Crippen MR) is 166 cm³/mol.